The summed E-state index contributed by atoms with van der Waals surface area (Å²) in [6.45, 7) is 4.42. The zero-order chi connectivity index (χ0) is 15.0. The number of carbonyl (C=O) groups excluding carboxylic acids is 2. The molecule has 1 atom stereocenters. The number of amides is 2. The van der Waals surface area contributed by atoms with E-state index in [4.69, 9.17) is 4.42 Å². The maximum Gasteiger partial charge on any atom is 0.229 e. The van der Waals surface area contributed by atoms with E-state index < -0.39 is 0 Å². The third-order valence-corrected chi connectivity index (χ3v) is 3.51. The molecule has 2 heterocycles. The fraction of sp³-hybridized carbons (Fsp3) is 0.400. The number of fused-ring (bicyclic) bond motifs is 1. The molecule has 2 N–H and O–H groups in total. The average molecular weight is 287 g/mol. The highest BCUT2D eigenvalue weighted by molar-refractivity contribution is 5.98. The Labute approximate surface area is 121 Å². The van der Waals surface area contributed by atoms with E-state index in [1.54, 1.807) is 18.2 Å². The second kappa shape index (κ2) is 5.20. The van der Waals surface area contributed by atoms with Gasteiger partial charge in [-0.05, 0) is 18.2 Å². The first kappa shape index (κ1) is 13.6. The molecule has 2 amide bonds. The molecule has 1 saturated heterocycles. The number of nitrogens with one attached hydrogen (secondary N) is 2. The number of aromatic nitrogens is 1. The molecule has 6 nitrogen and oxygen atoms in total. The van der Waals surface area contributed by atoms with Crippen LogP contribution in [0.4, 0.5) is 5.69 Å². The van der Waals surface area contributed by atoms with Crippen molar-refractivity contribution >= 4 is 28.6 Å². The molecule has 0 saturated carbocycles. The molecule has 0 aliphatic carbocycles. The van der Waals surface area contributed by atoms with Crippen LogP contribution in [0.25, 0.3) is 11.1 Å². The Morgan fingerprint density at radius 1 is 1.48 bits per heavy atom. The summed E-state index contributed by atoms with van der Waals surface area (Å²) in [6, 6.07) is 5.36. The van der Waals surface area contributed by atoms with Crippen LogP contribution >= 0.6 is 0 Å². The van der Waals surface area contributed by atoms with Crippen LogP contribution in [0.15, 0.2) is 22.6 Å². The first-order chi connectivity index (χ1) is 10.0. The zero-order valence-corrected chi connectivity index (χ0v) is 12.0. The fourth-order valence-electron chi connectivity index (χ4n) is 2.30. The van der Waals surface area contributed by atoms with Crippen LogP contribution in [-0.2, 0) is 9.59 Å². The number of anilines is 1. The summed E-state index contributed by atoms with van der Waals surface area (Å²) in [5, 5.41) is 5.48. The Balaban J connectivity index is 1.78. The molecule has 1 aromatic heterocycles. The molecule has 1 aromatic carbocycles. The predicted octanol–water partition coefficient (Wildman–Crippen LogP) is 2.03. The summed E-state index contributed by atoms with van der Waals surface area (Å²) in [5.74, 6) is 0.353. The fourth-order valence-corrected chi connectivity index (χ4v) is 2.30. The summed E-state index contributed by atoms with van der Waals surface area (Å²) in [7, 11) is 0. The lowest BCUT2D eigenvalue weighted by atomic mass is 10.1. The van der Waals surface area contributed by atoms with E-state index in [1.807, 2.05) is 13.8 Å². The quantitative estimate of drug-likeness (QED) is 0.904. The van der Waals surface area contributed by atoms with Gasteiger partial charge in [-0.15, -0.1) is 0 Å². The van der Waals surface area contributed by atoms with Gasteiger partial charge in [0.25, 0.3) is 0 Å². The lowest BCUT2D eigenvalue weighted by Gasteiger charge is -2.08. The van der Waals surface area contributed by atoms with Crippen LogP contribution in [0.3, 0.4) is 0 Å². The van der Waals surface area contributed by atoms with Crippen LogP contribution in [0.1, 0.15) is 32.1 Å². The van der Waals surface area contributed by atoms with Gasteiger partial charge in [0.2, 0.25) is 11.8 Å². The Hall–Kier alpha value is -2.37. The molecule has 6 heteroatoms. The Bertz CT molecular complexity index is 705. The van der Waals surface area contributed by atoms with Crippen molar-refractivity contribution in [2.24, 2.45) is 5.92 Å². The molecular weight excluding hydrogens is 270 g/mol. The topological polar surface area (TPSA) is 84.2 Å². The van der Waals surface area contributed by atoms with Gasteiger partial charge in [-0.2, -0.15) is 0 Å². The Morgan fingerprint density at radius 2 is 2.29 bits per heavy atom. The van der Waals surface area contributed by atoms with Gasteiger partial charge in [-0.3, -0.25) is 9.59 Å². The number of oxazole rings is 1. The summed E-state index contributed by atoms with van der Waals surface area (Å²) in [6.07, 6.45) is 0.246. The number of nitrogens with zero attached hydrogens (tertiary/aromatic N) is 1. The highest BCUT2D eigenvalue weighted by atomic mass is 16.3. The van der Waals surface area contributed by atoms with E-state index in [1.165, 1.54) is 0 Å². The van der Waals surface area contributed by atoms with Crippen LogP contribution in [0.2, 0.25) is 0 Å². The summed E-state index contributed by atoms with van der Waals surface area (Å²) in [5.41, 5.74) is 2.09. The maximum absolute atomic E-state index is 12.1. The van der Waals surface area contributed by atoms with E-state index in [-0.39, 0.29) is 30.1 Å². The van der Waals surface area contributed by atoms with Gasteiger partial charge in [0.1, 0.15) is 5.52 Å². The second-order valence-corrected chi connectivity index (χ2v) is 5.58. The van der Waals surface area contributed by atoms with Crippen molar-refractivity contribution < 1.29 is 14.0 Å². The number of hydrogen-bond acceptors (Lipinski definition) is 4. The second-order valence-electron chi connectivity index (χ2n) is 5.58. The highest BCUT2D eigenvalue weighted by Gasteiger charge is 2.27. The van der Waals surface area contributed by atoms with Crippen molar-refractivity contribution in [3.8, 4) is 0 Å². The molecule has 2 aromatic rings. The van der Waals surface area contributed by atoms with Crippen LogP contribution in [0, 0.1) is 5.92 Å². The first-order valence-corrected chi connectivity index (χ1v) is 7.01. The summed E-state index contributed by atoms with van der Waals surface area (Å²) >= 11 is 0. The van der Waals surface area contributed by atoms with Crippen LogP contribution < -0.4 is 10.6 Å². The van der Waals surface area contributed by atoms with E-state index in [2.05, 4.69) is 15.6 Å². The van der Waals surface area contributed by atoms with Crippen molar-refractivity contribution in [3.63, 3.8) is 0 Å². The van der Waals surface area contributed by atoms with Gasteiger partial charge in [-0.1, -0.05) is 13.8 Å². The smallest absolute Gasteiger partial charge is 0.229 e. The lowest BCUT2D eigenvalue weighted by Crippen LogP contribution is -2.24. The average Bonchev–Trinajstić information content (AvgIpc) is 3.04. The SMILES string of the molecule is CC(C)c1nc2cc(NC(=O)C3CNC(=O)C3)ccc2o1. The van der Waals surface area contributed by atoms with Crippen molar-refractivity contribution in [3.05, 3.63) is 24.1 Å². The van der Waals surface area contributed by atoms with E-state index in [0.717, 1.165) is 5.52 Å². The molecular formula is C15H17N3O3. The summed E-state index contributed by atoms with van der Waals surface area (Å²) in [4.78, 5) is 27.6. The van der Waals surface area contributed by atoms with Gasteiger partial charge >= 0.3 is 0 Å². The highest BCUT2D eigenvalue weighted by Crippen LogP contribution is 2.24. The predicted molar refractivity (Wildman–Crippen MR) is 77.8 cm³/mol. The normalized spacial score (nSPS) is 18.2. The number of hydrogen-bond donors (Lipinski definition) is 2. The standard InChI is InChI=1S/C15H17N3O3/c1-8(2)15-18-11-6-10(3-4-12(11)21-15)17-14(20)9-5-13(19)16-7-9/h3-4,6,8-9H,5,7H2,1-2H3,(H,16,19)(H,17,20). The molecule has 110 valence electrons. The van der Waals surface area contributed by atoms with Crippen molar-refractivity contribution in [2.75, 3.05) is 11.9 Å². The number of rotatable bonds is 3. The van der Waals surface area contributed by atoms with Gasteiger partial charge in [-0.25, -0.2) is 4.98 Å². The third-order valence-electron chi connectivity index (χ3n) is 3.51. The monoisotopic (exact) mass is 287 g/mol. The largest absolute Gasteiger partial charge is 0.440 e. The molecule has 1 unspecified atom stereocenters. The molecule has 0 spiro atoms. The van der Waals surface area contributed by atoms with Crippen LogP contribution in [-0.4, -0.2) is 23.3 Å². The van der Waals surface area contributed by atoms with E-state index in [9.17, 15) is 9.59 Å². The minimum atomic E-state index is -0.309. The van der Waals surface area contributed by atoms with Crippen molar-refractivity contribution in [2.45, 2.75) is 26.2 Å². The lowest BCUT2D eigenvalue weighted by molar-refractivity contribution is -0.123. The molecule has 1 aliphatic rings. The minimum Gasteiger partial charge on any atom is -0.440 e. The first-order valence-electron chi connectivity index (χ1n) is 7.01. The van der Waals surface area contributed by atoms with Gasteiger partial charge in [0, 0.05) is 24.6 Å². The molecule has 0 radical (unpaired) electrons. The molecule has 1 aliphatic heterocycles. The Kier molecular flexibility index (Phi) is 3.37. The number of carbonyl (C=O) groups is 2. The van der Waals surface area contributed by atoms with Gasteiger partial charge in [0.15, 0.2) is 11.5 Å². The minimum absolute atomic E-state index is 0.0799. The van der Waals surface area contributed by atoms with Crippen molar-refractivity contribution in [1.29, 1.82) is 0 Å². The molecule has 21 heavy (non-hydrogen) atoms. The molecule has 3 rings (SSSR count). The van der Waals surface area contributed by atoms with Crippen LogP contribution in [0.5, 0.6) is 0 Å². The molecule has 1 fully saturated rings. The zero-order valence-electron chi connectivity index (χ0n) is 12.0. The summed E-state index contributed by atoms with van der Waals surface area (Å²) < 4.78 is 5.62. The van der Waals surface area contributed by atoms with Crippen molar-refractivity contribution in [1.82, 2.24) is 10.3 Å². The van der Waals surface area contributed by atoms with Gasteiger partial charge in [0.05, 0.1) is 5.92 Å². The van der Waals surface area contributed by atoms with E-state index >= 15 is 0 Å². The third kappa shape index (κ3) is 2.74. The van der Waals surface area contributed by atoms with Gasteiger partial charge < -0.3 is 15.1 Å². The Morgan fingerprint density at radius 3 is 2.95 bits per heavy atom. The number of benzene rings is 1. The maximum atomic E-state index is 12.1. The van der Waals surface area contributed by atoms with E-state index in [0.29, 0.717) is 23.7 Å². The molecule has 0 bridgehead atoms.